The molecular weight excluding hydrogens is 306 g/mol. The summed E-state index contributed by atoms with van der Waals surface area (Å²) < 4.78 is 1.03. The predicted molar refractivity (Wildman–Crippen MR) is 84.6 cm³/mol. The predicted octanol–water partition coefficient (Wildman–Crippen LogP) is 2.96. The molecule has 2 aromatic rings. The summed E-state index contributed by atoms with van der Waals surface area (Å²) in [6, 6.07) is 12.5. The number of carboxylic acid groups (broad SMARTS) is 1. The van der Waals surface area contributed by atoms with Gasteiger partial charge in [0.2, 0.25) is 5.91 Å². The number of benzene rings is 1. The maximum Gasteiger partial charge on any atom is 0.333 e. The minimum Gasteiger partial charge on any atom is -0.479 e. The number of thiophene rings is 1. The Labute approximate surface area is 131 Å². The number of nitrogens with one attached hydrogen (secondary N) is 1. The van der Waals surface area contributed by atoms with Crippen molar-refractivity contribution in [2.75, 3.05) is 5.75 Å². The average Bonchev–Trinajstić information content (AvgIpc) is 2.99. The van der Waals surface area contributed by atoms with Gasteiger partial charge in [-0.2, -0.15) is 0 Å². The van der Waals surface area contributed by atoms with Crippen molar-refractivity contribution in [1.82, 2.24) is 5.32 Å². The second-order valence-corrected chi connectivity index (χ2v) is 6.79. The van der Waals surface area contributed by atoms with Gasteiger partial charge in [0, 0.05) is 0 Å². The van der Waals surface area contributed by atoms with Crippen LogP contribution in [-0.2, 0) is 15.1 Å². The number of carboxylic acids is 1. The van der Waals surface area contributed by atoms with Crippen LogP contribution in [0.1, 0.15) is 12.5 Å². The number of rotatable bonds is 6. The maximum atomic E-state index is 12.0. The van der Waals surface area contributed by atoms with Crippen LogP contribution in [0.5, 0.6) is 0 Å². The molecule has 1 amide bonds. The van der Waals surface area contributed by atoms with Gasteiger partial charge in [-0.25, -0.2) is 4.79 Å². The first-order chi connectivity index (χ1) is 10.0. The van der Waals surface area contributed by atoms with Crippen LogP contribution >= 0.6 is 23.1 Å². The molecule has 0 saturated heterocycles. The molecule has 1 aromatic carbocycles. The average molecular weight is 321 g/mol. The fourth-order valence-electron chi connectivity index (χ4n) is 1.82. The zero-order chi connectivity index (χ0) is 15.3. The normalized spacial score (nSPS) is 13.4. The summed E-state index contributed by atoms with van der Waals surface area (Å²) >= 11 is 2.95. The summed E-state index contributed by atoms with van der Waals surface area (Å²) in [5, 5.41) is 14.0. The summed E-state index contributed by atoms with van der Waals surface area (Å²) in [5.74, 6) is -1.19. The van der Waals surface area contributed by atoms with E-state index in [0.717, 1.165) is 4.21 Å². The highest BCUT2D eigenvalue weighted by Crippen LogP contribution is 2.25. The quantitative estimate of drug-likeness (QED) is 0.803. The third-order valence-electron chi connectivity index (χ3n) is 3.01. The zero-order valence-electron chi connectivity index (χ0n) is 11.4. The third kappa shape index (κ3) is 3.86. The van der Waals surface area contributed by atoms with Crippen molar-refractivity contribution in [2.45, 2.75) is 16.7 Å². The van der Waals surface area contributed by atoms with E-state index >= 15 is 0 Å². The van der Waals surface area contributed by atoms with E-state index in [0.29, 0.717) is 5.56 Å². The highest BCUT2D eigenvalue weighted by Gasteiger charge is 2.36. The Morgan fingerprint density at radius 3 is 2.52 bits per heavy atom. The molecule has 2 rings (SSSR count). The number of carbonyl (C=O) groups is 2. The smallest absolute Gasteiger partial charge is 0.333 e. The van der Waals surface area contributed by atoms with Crippen LogP contribution in [0.15, 0.2) is 52.1 Å². The van der Waals surface area contributed by atoms with Crippen molar-refractivity contribution in [3.05, 3.63) is 53.4 Å². The molecular formula is C15H15NO3S2. The molecule has 1 atom stereocenters. The second-order valence-electron chi connectivity index (χ2n) is 4.57. The molecule has 6 heteroatoms. The fraction of sp³-hybridized carbons (Fsp3) is 0.200. The van der Waals surface area contributed by atoms with E-state index in [1.54, 1.807) is 41.7 Å². The second kappa shape index (κ2) is 6.78. The molecule has 0 aliphatic heterocycles. The van der Waals surface area contributed by atoms with Gasteiger partial charge in [0.25, 0.3) is 0 Å². The number of amides is 1. The molecule has 1 aromatic heterocycles. The SMILES string of the molecule is CC(NC(=O)CSc1cccs1)(C(=O)O)c1ccccc1. The molecule has 0 aliphatic carbocycles. The van der Waals surface area contributed by atoms with Crippen molar-refractivity contribution < 1.29 is 14.7 Å². The summed E-state index contributed by atoms with van der Waals surface area (Å²) in [6.07, 6.45) is 0. The molecule has 1 heterocycles. The Morgan fingerprint density at radius 1 is 1.24 bits per heavy atom. The van der Waals surface area contributed by atoms with E-state index in [1.165, 1.54) is 18.7 Å². The standard InChI is InChI=1S/C15H15NO3S2/c1-15(14(18)19,11-6-3-2-4-7-11)16-12(17)10-21-13-8-5-9-20-13/h2-9H,10H2,1H3,(H,16,17)(H,18,19). The lowest BCUT2D eigenvalue weighted by molar-refractivity contribution is -0.147. The summed E-state index contributed by atoms with van der Waals surface area (Å²) in [7, 11) is 0. The van der Waals surface area contributed by atoms with Gasteiger partial charge < -0.3 is 10.4 Å². The highest BCUT2D eigenvalue weighted by molar-refractivity contribution is 8.01. The molecule has 1 unspecified atom stereocenters. The maximum absolute atomic E-state index is 12.0. The molecule has 0 bridgehead atoms. The number of thioether (sulfide) groups is 1. The minimum atomic E-state index is -1.42. The Bertz CT molecular complexity index is 613. The lowest BCUT2D eigenvalue weighted by Gasteiger charge is -2.26. The first-order valence-electron chi connectivity index (χ1n) is 6.28. The Morgan fingerprint density at radius 2 is 1.95 bits per heavy atom. The largest absolute Gasteiger partial charge is 0.479 e. The molecule has 21 heavy (non-hydrogen) atoms. The van der Waals surface area contributed by atoms with Crippen molar-refractivity contribution in [3.8, 4) is 0 Å². The van der Waals surface area contributed by atoms with Gasteiger partial charge in [0.05, 0.1) is 9.96 Å². The number of hydrogen-bond acceptors (Lipinski definition) is 4. The van der Waals surface area contributed by atoms with Gasteiger partial charge in [0.1, 0.15) is 0 Å². The lowest BCUT2D eigenvalue weighted by atomic mass is 9.92. The summed E-state index contributed by atoms with van der Waals surface area (Å²) in [5.41, 5.74) is -0.874. The van der Waals surface area contributed by atoms with Crippen LogP contribution in [0.2, 0.25) is 0 Å². The monoisotopic (exact) mass is 321 g/mol. The van der Waals surface area contributed by atoms with Crippen molar-refractivity contribution >= 4 is 35.0 Å². The molecule has 0 fully saturated rings. The van der Waals surface area contributed by atoms with Crippen molar-refractivity contribution in [2.24, 2.45) is 0 Å². The molecule has 4 nitrogen and oxygen atoms in total. The lowest BCUT2D eigenvalue weighted by Crippen LogP contribution is -2.50. The van der Waals surface area contributed by atoms with E-state index < -0.39 is 11.5 Å². The highest BCUT2D eigenvalue weighted by atomic mass is 32.2. The Hall–Kier alpha value is -1.79. The van der Waals surface area contributed by atoms with E-state index in [4.69, 9.17) is 0 Å². The molecule has 0 spiro atoms. The van der Waals surface area contributed by atoms with Crippen LogP contribution < -0.4 is 5.32 Å². The van der Waals surface area contributed by atoms with Crippen LogP contribution in [0.3, 0.4) is 0 Å². The zero-order valence-corrected chi connectivity index (χ0v) is 13.0. The van der Waals surface area contributed by atoms with E-state index in [2.05, 4.69) is 5.32 Å². The Kier molecular flexibility index (Phi) is 5.03. The van der Waals surface area contributed by atoms with E-state index in [-0.39, 0.29) is 11.7 Å². The van der Waals surface area contributed by atoms with Crippen LogP contribution in [-0.4, -0.2) is 22.7 Å². The molecule has 2 N–H and O–H groups in total. The van der Waals surface area contributed by atoms with Crippen LogP contribution in [0, 0.1) is 0 Å². The van der Waals surface area contributed by atoms with Gasteiger partial charge in [0.15, 0.2) is 5.54 Å². The van der Waals surface area contributed by atoms with E-state index in [9.17, 15) is 14.7 Å². The van der Waals surface area contributed by atoms with Gasteiger partial charge in [-0.05, 0) is 23.9 Å². The molecule has 110 valence electrons. The number of aliphatic carboxylic acids is 1. The molecule has 0 radical (unpaired) electrons. The first kappa shape index (κ1) is 15.6. The number of carbonyl (C=O) groups excluding carboxylic acids is 1. The van der Waals surface area contributed by atoms with Gasteiger partial charge >= 0.3 is 5.97 Å². The Balaban J connectivity index is 2.06. The van der Waals surface area contributed by atoms with Crippen molar-refractivity contribution in [3.63, 3.8) is 0 Å². The van der Waals surface area contributed by atoms with Gasteiger partial charge in [-0.1, -0.05) is 36.4 Å². The first-order valence-corrected chi connectivity index (χ1v) is 8.15. The summed E-state index contributed by atoms with van der Waals surface area (Å²) in [4.78, 5) is 23.6. The third-order valence-corrected chi connectivity index (χ3v) is 5.14. The summed E-state index contributed by atoms with van der Waals surface area (Å²) in [6.45, 7) is 1.50. The van der Waals surface area contributed by atoms with E-state index in [1.807, 2.05) is 17.5 Å². The minimum absolute atomic E-state index is 0.191. The van der Waals surface area contributed by atoms with Gasteiger partial charge in [-0.3, -0.25) is 4.79 Å². The van der Waals surface area contributed by atoms with Gasteiger partial charge in [-0.15, -0.1) is 23.1 Å². The number of hydrogen-bond donors (Lipinski definition) is 2. The molecule has 0 saturated carbocycles. The topological polar surface area (TPSA) is 66.4 Å². The van der Waals surface area contributed by atoms with Crippen LogP contribution in [0.4, 0.5) is 0 Å². The van der Waals surface area contributed by atoms with Crippen molar-refractivity contribution in [1.29, 1.82) is 0 Å². The molecule has 0 aliphatic rings. The fourth-order valence-corrected chi connectivity index (χ4v) is 3.40. The van der Waals surface area contributed by atoms with Crippen LogP contribution in [0.25, 0.3) is 0 Å².